The maximum absolute atomic E-state index is 13.6. The Labute approximate surface area is 153 Å². The second kappa shape index (κ2) is 7.86. The molecular weight excluding hydrogens is 355 g/mol. The van der Waals surface area contributed by atoms with E-state index in [1.54, 1.807) is 0 Å². The lowest BCUT2D eigenvalue weighted by Crippen LogP contribution is -2.45. The maximum atomic E-state index is 13.6. The molecule has 7 heteroatoms. The summed E-state index contributed by atoms with van der Waals surface area (Å²) in [5.41, 5.74) is 2.64. The zero-order valence-electron chi connectivity index (χ0n) is 15.3. The van der Waals surface area contributed by atoms with E-state index in [4.69, 9.17) is 0 Å². The summed E-state index contributed by atoms with van der Waals surface area (Å²) >= 11 is 0. The summed E-state index contributed by atoms with van der Waals surface area (Å²) in [7, 11) is -3.79. The summed E-state index contributed by atoms with van der Waals surface area (Å²) in [4.78, 5) is 12.8. The van der Waals surface area contributed by atoms with Crippen molar-refractivity contribution >= 4 is 27.3 Å². The zero-order chi connectivity index (χ0) is 19.5. The zero-order valence-corrected chi connectivity index (χ0v) is 16.1. The number of anilines is 2. The minimum Gasteiger partial charge on any atom is -0.324 e. The molecule has 0 saturated heterocycles. The van der Waals surface area contributed by atoms with Crippen LogP contribution in [0.15, 0.2) is 42.5 Å². The molecule has 0 radical (unpaired) electrons. The van der Waals surface area contributed by atoms with Gasteiger partial charge in [0.25, 0.3) is 0 Å². The quantitative estimate of drug-likeness (QED) is 0.837. The molecule has 1 amide bonds. The van der Waals surface area contributed by atoms with Crippen molar-refractivity contribution in [3.05, 3.63) is 59.4 Å². The van der Waals surface area contributed by atoms with Gasteiger partial charge in [-0.3, -0.25) is 9.10 Å². The van der Waals surface area contributed by atoms with E-state index in [-0.39, 0.29) is 5.69 Å². The van der Waals surface area contributed by atoms with Crippen LogP contribution in [0.2, 0.25) is 0 Å². The molecule has 26 heavy (non-hydrogen) atoms. The molecule has 0 unspecified atom stereocenters. The smallest absolute Gasteiger partial charge is 0.248 e. The molecule has 1 atom stereocenters. The van der Waals surface area contributed by atoms with Gasteiger partial charge in [0.05, 0.1) is 11.9 Å². The third-order valence-electron chi connectivity index (χ3n) is 4.14. The number of hydrogen-bond donors (Lipinski definition) is 1. The Kier molecular flexibility index (Phi) is 6.02. The number of carbonyl (C=O) groups is 1. The Balaban J connectivity index is 2.38. The summed E-state index contributed by atoms with van der Waals surface area (Å²) < 4.78 is 39.0. The largest absolute Gasteiger partial charge is 0.324 e. The van der Waals surface area contributed by atoms with Crippen molar-refractivity contribution in [3.8, 4) is 0 Å². The molecule has 0 saturated carbocycles. The molecule has 0 fully saturated rings. The van der Waals surface area contributed by atoms with E-state index in [1.165, 1.54) is 25.1 Å². The topological polar surface area (TPSA) is 66.5 Å². The molecule has 0 aromatic heterocycles. The molecule has 0 heterocycles. The van der Waals surface area contributed by atoms with Crippen LogP contribution in [0, 0.1) is 12.7 Å². The van der Waals surface area contributed by atoms with Gasteiger partial charge in [-0.1, -0.05) is 31.2 Å². The van der Waals surface area contributed by atoms with Crippen LogP contribution in [-0.2, 0) is 21.2 Å². The fraction of sp³-hybridized carbons (Fsp3) is 0.316. The Bertz CT molecular complexity index is 913. The Morgan fingerprint density at radius 3 is 2.46 bits per heavy atom. The SMILES string of the molecule is CCc1cccc(C)c1NC(=O)[C@H](C)N(c1cccc(F)c1)S(C)(=O)=O. The summed E-state index contributed by atoms with van der Waals surface area (Å²) in [5, 5.41) is 2.83. The highest BCUT2D eigenvalue weighted by Gasteiger charge is 2.29. The van der Waals surface area contributed by atoms with E-state index in [9.17, 15) is 17.6 Å². The number of benzene rings is 2. The van der Waals surface area contributed by atoms with Crippen LogP contribution in [0.1, 0.15) is 25.0 Å². The minimum absolute atomic E-state index is 0.107. The average molecular weight is 378 g/mol. The summed E-state index contributed by atoms with van der Waals surface area (Å²) in [6.07, 6.45) is 1.72. The molecule has 1 N–H and O–H groups in total. The average Bonchev–Trinajstić information content (AvgIpc) is 2.55. The Morgan fingerprint density at radius 2 is 1.88 bits per heavy atom. The maximum Gasteiger partial charge on any atom is 0.248 e. The number of carbonyl (C=O) groups excluding carboxylic acids is 1. The van der Waals surface area contributed by atoms with E-state index in [2.05, 4.69) is 5.32 Å². The van der Waals surface area contributed by atoms with Gasteiger partial charge in [0, 0.05) is 5.69 Å². The van der Waals surface area contributed by atoms with Gasteiger partial charge < -0.3 is 5.32 Å². The first-order valence-corrected chi connectivity index (χ1v) is 10.1. The van der Waals surface area contributed by atoms with Crippen molar-refractivity contribution in [2.75, 3.05) is 15.9 Å². The Hall–Kier alpha value is -2.41. The second-order valence-corrected chi connectivity index (χ2v) is 8.03. The monoisotopic (exact) mass is 378 g/mol. The van der Waals surface area contributed by atoms with Crippen LogP contribution < -0.4 is 9.62 Å². The predicted molar refractivity (Wildman–Crippen MR) is 102 cm³/mol. The van der Waals surface area contributed by atoms with Crippen molar-refractivity contribution in [1.29, 1.82) is 0 Å². The number of sulfonamides is 1. The van der Waals surface area contributed by atoms with Crippen molar-refractivity contribution in [3.63, 3.8) is 0 Å². The number of nitrogens with zero attached hydrogens (tertiary/aromatic N) is 1. The lowest BCUT2D eigenvalue weighted by Gasteiger charge is -2.28. The first-order valence-electron chi connectivity index (χ1n) is 8.29. The highest BCUT2D eigenvalue weighted by Crippen LogP contribution is 2.25. The van der Waals surface area contributed by atoms with E-state index < -0.39 is 27.8 Å². The van der Waals surface area contributed by atoms with Crippen molar-refractivity contribution in [1.82, 2.24) is 0 Å². The molecule has 0 spiro atoms. The van der Waals surface area contributed by atoms with Gasteiger partial charge >= 0.3 is 0 Å². The number of para-hydroxylation sites is 1. The molecule has 2 rings (SSSR count). The highest BCUT2D eigenvalue weighted by atomic mass is 32.2. The number of nitrogens with one attached hydrogen (secondary N) is 1. The van der Waals surface area contributed by atoms with Gasteiger partial charge in [-0.2, -0.15) is 0 Å². The van der Waals surface area contributed by atoms with E-state index in [1.807, 2.05) is 32.0 Å². The Morgan fingerprint density at radius 1 is 1.23 bits per heavy atom. The molecule has 0 aliphatic rings. The standard InChI is InChI=1S/C19H23FN2O3S/c1-5-15-9-6-8-13(2)18(15)21-19(23)14(3)22(26(4,24)25)17-11-7-10-16(20)12-17/h6-12,14H,5H2,1-4H3,(H,21,23)/t14-/m0/s1. The normalized spacial score (nSPS) is 12.5. The molecule has 140 valence electrons. The molecule has 2 aromatic carbocycles. The van der Waals surface area contributed by atoms with Gasteiger partial charge in [-0.25, -0.2) is 12.8 Å². The predicted octanol–water partition coefficient (Wildman–Crippen LogP) is 3.49. The molecule has 2 aromatic rings. The molecule has 5 nitrogen and oxygen atoms in total. The van der Waals surface area contributed by atoms with Crippen LogP contribution in [0.3, 0.4) is 0 Å². The second-order valence-electron chi connectivity index (χ2n) is 6.17. The molecule has 0 bridgehead atoms. The molecule has 0 aliphatic carbocycles. The molecule has 0 aliphatic heterocycles. The van der Waals surface area contributed by atoms with Crippen LogP contribution in [0.5, 0.6) is 0 Å². The third-order valence-corrected chi connectivity index (χ3v) is 5.38. The number of hydrogen-bond acceptors (Lipinski definition) is 3. The number of halogens is 1. The van der Waals surface area contributed by atoms with E-state index >= 15 is 0 Å². The highest BCUT2D eigenvalue weighted by molar-refractivity contribution is 7.92. The summed E-state index contributed by atoms with van der Waals surface area (Å²) in [6, 6.07) is 9.82. The number of aryl methyl sites for hydroxylation is 2. The van der Waals surface area contributed by atoms with E-state index in [0.717, 1.165) is 34.2 Å². The van der Waals surface area contributed by atoms with E-state index in [0.29, 0.717) is 5.69 Å². The minimum atomic E-state index is -3.79. The third kappa shape index (κ3) is 4.40. The van der Waals surface area contributed by atoms with Gasteiger partial charge in [-0.15, -0.1) is 0 Å². The van der Waals surface area contributed by atoms with Gasteiger partial charge in [0.2, 0.25) is 15.9 Å². The lowest BCUT2D eigenvalue weighted by atomic mass is 10.1. The van der Waals surface area contributed by atoms with Gasteiger partial charge in [-0.05, 0) is 49.6 Å². The van der Waals surface area contributed by atoms with Gasteiger partial charge in [0.15, 0.2) is 0 Å². The number of rotatable bonds is 6. The van der Waals surface area contributed by atoms with Crippen LogP contribution in [0.25, 0.3) is 0 Å². The van der Waals surface area contributed by atoms with Crippen LogP contribution in [-0.4, -0.2) is 26.6 Å². The first-order chi connectivity index (χ1) is 12.1. The summed E-state index contributed by atoms with van der Waals surface area (Å²) in [5.74, 6) is -1.06. The van der Waals surface area contributed by atoms with Crippen molar-refractivity contribution in [2.24, 2.45) is 0 Å². The molecular formula is C19H23FN2O3S. The summed E-state index contributed by atoms with van der Waals surface area (Å²) in [6.45, 7) is 5.33. The van der Waals surface area contributed by atoms with Crippen molar-refractivity contribution in [2.45, 2.75) is 33.2 Å². The van der Waals surface area contributed by atoms with Crippen LogP contribution in [0.4, 0.5) is 15.8 Å². The van der Waals surface area contributed by atoms with Gasteiger partial charge in [0.1, 0.15) is 11.9 Å². The lowest BCUT2D eigenvalue weighted by molar-refractivity contribution is -0.116. The fourth-order valence-electron chi connectivity index (χ4n) is 2.85. The van der Waals surface area contributed by atoms with Crippen LogP contribution >= 0.6 is 0 Å². The van der Waals surface area contributed by atoms with Crippen molar-refractivity contribution < 1.29 is 17.6 Å². The first kappa shape index (κ1) is 19.9. The fourth-order valence-corrected chi connectivity index (χ4v) is 4.02. The number of amides is 1.